The molecule has 0 bridgehead atoms. The fourth-order valence-electron chi connectivity index (χ4n) is 1.50. The predicted molar refractivity (Wildman–Crippen MR) is 63.5 cm³/mol. The van der Waals surface area contributed by atoms with Gasteiger partial charge in [0.1, 0.15) is 0 Å². The topological polar surface area (TPSA) is 25.2 Å². The van der Waals surface area contributed by atoms with E-state index in [1.807, 2.05) is 19.2 Å². The molecule has 0 radical (unpaired) electrons. The maximum atomic E-state index is 5.92. The van der Waals surface area contributed by atoms with E-state index in [-0.39, 0.29) is 0 Å². The van der Waals surface area contributed by atoms with Crippen LogP contribution in [-0.4, -0.2) is 7.05 Å². The van der Waals surface area contributed by atoms with Crippen LogP contribution in [0.15, 0.2) is 35.1 Å². The SMILES string of the molecule is CNC(Cc1ccoc1)c1ccc(Cl)s1. The lowest BCUT2D eigenvalue weighted by Gasteiger charge is -2.12. The maximum absolute atomic E-state index is 5.92. The molecule has 2 rings (SSSR count). The first-order valence-corrected chi connectivity index (χ1v) is 5.92. The van der Waals surface area contributed by atoms with Crippen molar-refractivity contribution in [1.82, 2.24) is 5.32 Å². The number of hydrogen-bond donors (Lipinski definition) is 1. The van der Waals surface area contributed by atoms with Gasteiger partial charge in [0.25, 0.3) is 0 Å². The average molecular weight is 242 g/mol. The van der Waals surface area contributed by atoms with Gasteiger partial charge in [-0.05, 0) is 37.2 Å². The van der Waals surface area contributed by atoms with Crippen molar-refractivity contribution in [2.75, 3.05) is 7.05 Å². The second-order valence-electron chi connectivity index (χ2n) is 3.32. The van der Waals surface area contributed by atoms with Crippen LogP contribution in [-0.2, 0) is 6.42 Å². The van der Waals surface area contributed by atoms with Gasteiger partial charge < -0.3 is 9.73 Å². The van der Waals surface area contributed by atoms with Crippen LogP contribution in [0.25, 0.3) is 0 Å². The minimum atomic E-state index is 0.306. The summed E-state index contributed by atoms with van der Waals surface area (Å²) in [6, 6.07) is 6.29. The molecular formula is C11H12ClNOS. The van der Waals surface area contributed by atoms with Crippen LogP contribution >= 0.6 is 22.9 Å². The van der Waals surface area contributed by atoms with Gasteiger partial charge in [0.2, 0.25) is 0 Å². The Morgan fingerprint density at radius 2 is 2.33 bits per heavy atom. The summed E-state index contributed by atoms with van der Waals surface area (Å²) in [5, 5.41) is 3.28. The third-order valence-electron chi connectivity index (χ3n) is 2.31. The Morgan fingerprint density at radius 3 is 2.87 bits per heavy atom. The summed E-state index contributed by atoms with van der Waals surface area (Å²) >= 11 is 7.53. The molecule has 0 fully saturated rings. The molecule has 0 aromatic carbocycles. The Labute approximate surface area is 97.9 Å². The quantitative estimate of drug-likeness (QED) is 0.887. The van der Waals surface area contributed by atoms with Crippen molar-refractivity contribution in [3.63, 3.8) is 0 Å². The van der Waals surface area contributed by atoms with E-state index >= 15 is 0 Å². The van der Waals surface area contributed by atoms with Crippen molar-refractivity contribution in [3.8, 4) is 0 Å². The summed E-state index contributed by atoms with van der Waals surface area (Å²) in [4.78, 5) is 1.25. The number of halogens is 1. The number of hydrogen-bond acceptors (Lipinski definition) is 3. The molecule has 0 aliphatic heterocycles. The van der Waals surface area contributed by atoms with E-state index in [2.05, 4.69) is 11.4 Å². The van der Waals surface area contributed by atoms with E-state index in [4.69, 9.17) is 16.0 Å². The standard InChI is InChI=1S/C11H12ClNOS/c1-13-9(6-8-4-5-14-7-8)10-2-3-11(12)15-10/h2-5,7,9,13H,6H2,1H3. The van der Waals surface area contributed by atoms with Gasteiger partial charge in [-0.3, -0.25) is 0 Å². The molecule has 0 amide bonds. The summed E-state index contributed by atoms with van der Waals surface area (Å²) in [6.07, 6.45) is 4.40. The largest absolute Gasteiger partial charge is 0.472 e. The van der Waals surface area contributed by atoms with Crippen molar-refractivity contribution >= 4 is 22.9 Å². The van der Waals surface area contributed by atoms with Crippen molar-refractivity contribution < 1.29 is 4.42 Å². The molecule has 2 heterocycles. The lowest BCUT2D eigenvalue weighted by atomic mass is 10.1. The zero-order valence-corrected chi connectivity index (χ0v) is 9.94. The molecular weight excluding hydrogens is 230 g/mol. The van der Waals surface area contributed by atoms with Gasteiger partial charge in [0, 0.05) is 10.9 Å². The first kappa shape index (κ1) is 10.7. The number of nitrogens with one attached hydrogen (secondary N) is 1. The van der Waals surface area contributed by atoms with Gasteiger partial charge in [-0.1, -0.05) is 11.6 Å². The van der Waals surface area contributed by atoms with E-state index in [0.717, 1.165) is 10.8 Å². The molecule has 2 aromatic rings. The first-order valence-electron chi connectivity index (χ1n) is 4.73. The summed E-state index contributed by atoms with van der Waals surface area (Å²) in [6.45, 7) is 0. The van der Waals surface area contributed by atoms with Gasteiger partial charge in [-0.2, -0.15) is 0 Å². The van der Waals surface area contributed by atoms with Gasteiger partial charge in [0.05, 0.1) is 16.9 Å². The van der Waals surface area contributed by atoms with Crippen LogP contribution < -0.4 is 5.32 Å². The molecule has 80 valence electrons. The number of furan rings is 1. The van der Waals surface area contributed by atoms with E-state index in [1.165, 1.54) is 10.4 Å². The lowest BCUT2D eigenvalue weighted by molar-refractivity contribution is 0.554. The van der Waals surface area contributed by atoms with Crippen molar-refractivity contribution in [2.24, 2.45) is 0 Å². The van der Waals surface area contributed by atoms with Crippen LogP contribution in [0, 0.1) is 0 Å². The third kappa shape index (κ3) is 2.62. The molecule has 0 spiro atoms. The van der Waals surface area contributed by atoms with Crippen molar-refractivity contribution in [2.45, 2.75) is 12.5 Å². The summed E-state index contributed by atoms with van der Waals surface area (Å²) in [5.41, 5.74) is 1.19. The molecule has 1 N–H and O–H groups in total. The summed E-state index contributed by atoms with van der Waals surface area (Å²) < 4.78 is 5.88. The monoisotopic (exact) mass is 241 g/mol. The van der Waals surface area contributed by atoms with Crippen LogP contribution in [0.3, 0.4) is 0 Å². The van der Waals surface area contributed by atoms with Crippen LogP contribution in [0.5, 0.6) is 0 Å². The van der Waals surface area contributed by atoms with Crippen LogP contribution in [0.2, 0.25) is 4.34 Å². The maximum Gasteiger partial charge on any atom is 0.0935 e. The number of thiophene rings is 1. The average Bonchev–Trinajstić information content (AvgIpc) is 2.85. The second kappa shape index (κ2) is 4.84. The van der Waals surface area contributed by atoms with E-state index in [0.29, 0.717) is 6.04 Å². The second-order valence-corrected chi connectivity index (χ2v) is 5.07. The Bertz CT molecular complexity index is 410. The normalized spacial score (nSPS) is 12.9. The smallest absolute Gasteiger partial charge is 0.0935 e. The van der Waals surface area contributed by atoms with E-state index in [1.54, 1.807) is 23.9 Å². The number of likely N-dealkylation sites (N-methyl/N-ethyl adjacent to an activating group) is 1. The fourth-order valence-corrected chi connectivity index (χ4v) is 2.68. The Hall–Kier alpha value is -0.770. The molecule has 2 aromatic heterocycles. The van der Waals surface area contributed by atoms with Gasteiger partial charge in [-0.25, -0.2) is 0 Å². The molecule has 0 aliphatic carbocycles. The minimum Gasteiger partial charge on any atom is -0.472 e. The highest BCUT2D eigenvalue weighted by Gasteiger charge is 2.12. The highest BCUT2D eigenvalue weighted by atomic mass is 35.5. The number of rotatable bonds is 4. The third-order valence-corrected chi connectivity index (χ3v) is 3.65. The lowest BCUT2D eigenvalue weighted by Crippen LogP contribution is -2.17. The van der Waals surface area contributed by atoms with E-state index < -0.39 is 0 Å². The van der Waals surface area contributed by atoms with Gasteiger partial charge >= 0.3 is 0 Å². The fraction of sp³-hybridized carbons (Fsp3) is 0.273. The van der Waals surface area contributed by atoms with Crippen LogP contribution in [0.1, 0.15) is 16.5 Å². The molecule has 1 atom stereocenters. The zero-order valence-electron chi connectivity index (χ0n) is 8.37. The van der Waals surface area contributed by atoms with E-state index in [9.17, 15) is 0 Å². The molecule has 0 saturated heterocycles. The summed E-state index contributed by atoms with van der Waals surface area (Å²) in [5.74, 6) is 0. The van der Waals surface area contributed by atoms with Crippen molar-refractivity contribution in [3.05, 3.63) is 45.5 Å². The highest BCUT2D eigenvalue weighted by Crippen LogP contribution is 2.28. The molecule has 4 heteroatoms. The van der Waals surface area contributed by atoms with Gasteiger partial charge in [0.15, 0.2) is 0 Å². The molecule has 2 nitrogen and oxygen atoms in total. The predicted octanol–water partition coefficient (Wildman–Crippen LogP) is 3.50. The molecule has 1 unspecified atom stereocenters. The Morgan fingerprint density at radius 1 is 1.47 bits per heavy atom. The minimum absolute atomic E-state index is 0.306. The zero-order chi connectivity index (χ0) is 10.7. The summed E-state index contributed by atoms with van der Waals surface area (Å²) in [7, 11) is 1.96. The first-order chi connectivity index (χ1) is 7.29. The van der Waals surface area contributed by atoms with Crippen LogP contribution in [0.4, 0.5) is 0 Å². The highest BCUT2D eigenvalue weighted by molar-refractivity contribution is 7.16. The molecule has 0 saturated carbocycles. The molecule has 15 heavy (non-hydrogen) atoms. The molecule has 0 aliphatic rings. The Kier molecular flexibility index (Phi) is 3.46. The van der Waals surface area contributed by atoms with Crippen molar-refractivity contribution in [1.29, 1.82) is 0 Å². The van der Waals surface area contributed by atoms with Gasteiger partial charge in [-0.15, -0.1) is 11.3 Å². The Balaban J connectivity index is 2.11.